The number of hydrogen-bond donors (Lipinski definition) is 1. The van der Waals surface area contributed by atoms with E-state index < -0.39 is 0 Å². The van der Waals surface area contributed by atoms with Gasteiger partial charge in [0.2, 0.25) is 0 Å². The molecule has 0 bridgehead atoms. The Hall–Kier alpha value is -1.10. The van der Waals surface area contributed by atoms with Gasteiger partial charge in [0.1, 0.15) is 0 Å². The Morgan fingerprint density at radius 1 is 1.00 bits per heavy atom. The highest BCUT2D eigenvalue weighted by molar-refractivity contribution is 6.34. The van der Waals surface area contributed by atoms with Gasteiger partial charge in [0.05, 0.1) is 0 Å². The lowest BCUT2D eigenvalue weighted by molar-refractivity contribution is -0.152. The zero-order chi connectivity index (χ0) is 13.7. The Kier molecular flexibility index (Phi) is 5.19. The summed E-state index contributed by atoms with van der Waals surface area (Å²) in [7, 11) is 0. The largest absolute Gasteiger partial charge is 0.334 e. The fourth-order valence-electron chi connectivity index (χ4n) is 2.86. The number of likely N-dealkylation sites (tertiary alicyclic amines) is 1. The number of hydrogen-bond acceptors (Lipinski definition) is 3. The molecule has 2 rings (SSSR count). The van der Waals surface area contributed by atoms with E-state index in [2.05, 4.69) is 12.2 Å². The molecule has 0 aromatic heterocycles. The smallest absolute Gasteiger partial charge is 0.312 e. The molecule has 2 amide bonds. The highest BCUT2D eigenvalue weighted by Gasteiger charge is 2.29. The third kappa shape index (κ3) is 3.69. The van der Waals surface area contributed by atoms with E-state index in [0.717, 1.165) is 51.4 Å². The van der Waals surface area contributed by atoms with Gasteiger partial charge in [-0.2, -0.15) is 0 Å². The highest BCUT2D eigenvalue weighted by Crippen LogP contribution is 2.20. The molecule has 2 aliphatic rings. The lowest BCUT2D eigenvalue weighted by Crippen LogP contribution is -2.48. The maximum atomic E-state index is 12.2. The molecule has 1 N–H and O–H groups in total. The monoisotopic (exact) mass is 267 g/mol. The number of carbonyl (C=O) groups excluding carboxylic acids is 2. The number of nitrogens with one attached hydrogen (secondary N) is 1. The molecule has 108 valence electrons. The fourth-order valence-corrected chi connectivity index (χ4v) is 2.86. The quantitative estimate of drug-likeness (QED) is 0.702. The van der Waals surface area contributed by atoms with Crippen molar-refractivity contribution in [1.82, 2.24) is 15.1 Å². The van der Waals surface area contributed by atoms with Crippen LogP contribution in [0.5, 0.6) is 0 Å². The second-order valence-corrected chi connectivity index (χ2v) is 5.54. The van der Waals surface area contributed by atoms with E-state index >= 15 is 0 Å². The van der Waals surface area contributed by atoms with Crippen LogP contribution in [0.25, 0.3) is 0 Å². The summed E-state index contributed by atoms with van der Waals surface area (Å²) < 4.78 is 0. The zero-order valence-electron chi connectivity index (χ0n) is 11.9. The molecule has 0 spiro atoms. The Morgan fingerprint density at radius 3 is 2.26 bits per heavy atom. The molecule has 0 unspecified atom stereocenters. The van der Waals surface area contributed by atoms with Gasteiger partial charge in [0.15, 0.2) is 0 Å². The van der Waals surface area contributed by atoms with Crippen molar-refractivity contribution in [3.05, 3.63) is 0 Å². The lowest BCUT2D eigenvalue weighted by Gasteiger charge is -2.32. The van der Waals surface area contributed by atoms with Crippen LogP contribution < -0.4 is 5.32 Å². The molecule has 2 saturated heterocycles. The Balaban J connectivity index is 1.86. The zero-order valence-corrected chi connectivity index (χ0v) is 11.9. The molecule has 0 radical (unpaired) electrons. The molecule has 2 heterocycles. The minimum absolute atomic E-state index is 0.295. The van der Waals surface area contributed by atoms with Crippen LogP contribution in [-0.2, 0) is 9.59 Å². The van der Waals surface area contributed by atoms with Crippen LogP contribution in [0.1, 0.15) is 32.6 Å². The van der Waals surface area contributed by atoms with E-state index in [0.29, 0.717) is 13.1 Å². The van der Waals surface area contributed by atoms with Crippen LogP contribution in [0.15, 0.2) is 0 Å². The maximum absolute atomic E-state index is 12.2. The second-order valence-electron chi connectivity index (χ2n) is 5.54. The van der Waals surface area contributed by atoms with Gasteiger partial charge in [0, 0.05) is 32.7 Å². The van der Waals surface area contributed by atoms with Crippen LogP contribution in [0, 0.1) is 5.92 Å². The normalized spacial score (nSPS) is 22.2. The highest BCUT2D eigenvalue weighted by atomic mass is 16.2. The topological polar surface area (TPSA) is 52.7 Å². The van der Waals surface area contributed by atoms with Gasteiger partial charge < -0.3 is 15.1 Å². The molecule has 5 nitrogen and oxygen atoms in total. The van der Waals surface area contributed by atoms with Gasteiger partial charge in [-0.3, -0.25) is 9.59 Å². The standard InChI is InChI=1S/C14H25N3O2/c1-2-12-4-9-17(10-5-12)14(19)13(18)16-8-3-6-15-7-11-16/h12,15H,2-11H2,1H3. The van der Waals surface area contributed by atoms with Crippen molar-refractivity contribution in [2.75, 3.05) is 39.3 Å². The molecule has 2 aliphatic heterocycles. The van der Waals surface area contributed by atoms with Crippen molar-refractivity contribution in [3.8, 4) is 0 Å². The van der Waals surface area contributed by atoms with E-state index in [-0.39, 0.29) is 11.8 Å². The van der Waals surface area contributed by atoms with Crippen LogP contribution in [0.4, 0.5) is 0 Å². The molecule has 0 aromatic rings. The second kappa shape index (κ2) is 6.89. The van der Waals surface area contributed by atoms with Gasteiger partial charge in [-0.05, 0) is 31.7 Å². The van der Waals surface area contributed by atoms with E-state index in [1.807, 2.05) is 0 Å². The summed E-state index contributed by atoms with van der Waals surface area (Å²) in [5, 5.41) is 3.25. The number of carbonyl (C=O) groups is 2. The third-order valence-electron chi connectivity index (χ3n) is 4.29. The maximum Gasteiger partial charge on any atom is 0.312 e. The summed E-state index contributed by atoms with van der Waals surface area (Å²) >= 11 is 0. The Bertz CT molecular complexity index is 317. The number of amides is 2. The van der Waals surface area contributed by atoms with Crippen LogP contribution in [-0.4, -0.2) is 60.9 Å². The molecule has 5 heteroatoms. The summed E-state index contributed by atoms with van der Waals surface area (Å²) in [6.07, 6.45) is 4.18. The first-order chi connectivity index (χ1) is 9.22. The first-order valence-electron chi connectivity index (χ1n) is 7.51. The van der Waals surface area contributed by atoms with Gasteiger partial charge in [-0.25, -0.2) is 0 Å². The van der Waals surface area contributed by atoms with E-state index in [1.165, 1.54) is 6.42 Å². The minimum Gasteiger partial charge on any atom is -0.334 e. The molecular formula is C14H25N3O2. The molecule has 19 heavy (non-hydrogen) atoms. The summed E-state index contributed by atoms with van der Waals surface area (Å²) in [6.45, 7) is 6.75. The predicted molar refractivity (Wildman–Crippen MR) is 73.7 cm³/mol. The average Bonchev–Trinajstić information content (AvgIpc) is 2.75. The molecule has 2 fully saturated rings. The Labute approximate surface area is 115 Å². The van der Waals surface area contributed by atoms with E-state index in [9.17, 15) is 9.59 Å². The molecule has 0 saturated carbocycles. The van der Waals surface area contributed by atoms with Gasteiger partial charge in [0.25, 0.3) is 0 Å². The van der Waals surface area contributed by atoms with Crippen LogP contribution in [0.3, 0.4) is 0 Å². The lowest BCUT2D eigenvalue weighted by atomic mass is 9.94. The van der Waals surface area contributed by atoms with E-state index in [4.69, 9.17) is 0 Å². The first-order valence-corrected chi connectivity index (χ1v) is 7.51. The number of nitrogens with zero attached hydrogens (tertiary/aromatic N) is 2. The average molecular weight is 267 g/mol. The molecule has 0 aromatic carbocycles. The van der Waals surface area contributed by atoms with Crippen molar-refractivity contribution >= 4 is 11.8 Å². The molecular weight excluding hydrogens is 242 g/mol. The molecule has 0 atom stereocenters. The van der Waals surface area contributed by atoms with Gasteiger partial charge in [-0.1, -0.05) is 13.3 Å². The number of piperidine rings is 1. The fraction of sp³-hybridized carbons (Fsp3) is 0.857. The van der Waals surface area contributed by atoms with Crippen molar-refractivity contribution in [3.63, 3.8) is 0 Å². The van der Waals surface area contributed by atoms with Gasteiger partial charge in [-0.15, -0.1) is 0 Å². The summed E-state index contributed by atoms with van der Waals surface area (Å²) in [5.74, 6) is 0.122. The van der Waals surface area contributed by atoms with Crippen molar-refractivity contribution in [2.45, 2.75) is 32.6 Å². The minimum atomic E-state index is -0.307. The summed E-state index contributed by atoms with van der Waals surface area (Å²) in [6, 6.07) is 0. The van der Waals surface area contributed by atoms with Crippen molar-refractivity contribution in [1.29, 1.82) is 0 Å². The van der Waals surface area contributed by atoms with Crippen LogP contribution in [0.2, 0.25) is 0 Å². The van der Waals surface area contributed by atoms with Crippen LogP contribution >= 0.6 is 0 Å². The van der Waals surface area contributed by atoms with Crippen molar-refractivity contribution in [2.24, 2.45) is 5.92 Å². The predicted octanol–water partition coefficient (Wildman–Crippen LogP) is 0.457. The summed E-state index contributed by atoms with van der Waals surface area (Å²) in [4.78, 5) is 27.9. The SMILES string of the molecule is CCC1CCN(C(=O)C(=O)N2CCCNCC2)CC1. The first kappa shape index (κ1) is 14.3. The summed E-state index contributed by atoms with van der Waals surface area (Å²) in [5.41, 5.74) is 0. The van der Waals surface area contributed by atoms with Gasteiger partial charge >= 0.3 is 11.8 Å². The number of rotatable bonds is 1. The third-order valence-corrected chi connectivity index (χ3v) is 4.29. The van der Waals surface area contributed by atoms with E-state index in [1.54, 1.807) is 9.80 Å². The van der Waals surface area contributed by atoms with Crippen molar-refractivity contribution < 1.29 is 9.59 Å². The molecule has 0 aliphatic carbocycles. The Morgan fingerprint density at radius 2 is 1.63 bits per heavy atom.